The average molecular weight is 426 g/mol. The van der Waals surface area contributed by atoms with Gasteiger partial charge in [0.05, 0.1) is 11.4 Å². The van der Waals surface area contributed by atoms with Crippen molar-refractivity contribution >= 4 is 27.7 Å². The molecule has 2 aromatic rings. The summed E-state index contributed by atoms with van der Waals surface area (Å²) in [4.78, 5) is 16.9. The lowest BCUT2D eigenvalue weighted by Crippen LogP contribution is -2.47. The van der Waals surface area contributed by atoms with E-state index >= 15 is 0 Å². The lowest BCUT2D eigenvalue weighted by atomic mass is 10.2. The van der Waals surface area contributed by atoms with E-state index in [1.807, 2.05) is 38.3 Å². The Morgan fingerprint density at radius 2 is 2.07 bits per heavy atom. The highest BCUT2D eigenvalue weighted by molar-refractivity contribution is 7.98. The van der Waals surface area contributed by atoms with E-state index in [-0.39, 0.29) is 18.2 Å². The quantitative estimate of drug-likeness (QED) is 0.598. The van der Waals surface area contributed by atoms with Gasteiger partial charge in [-0.1, -0.05) is 6.07 Å². The molecule has 1 amide bonds. The summed E-state index contributed by atoms with van der Waals surface area (Å²) in [5.41, 5.74) is 2.73. The third-order valence-corrected chi connectivity index (χ3v) is 6.18. The minimum atomic E-state index is -3.46. The normalized spacial score (nSPS) is 12.7. The number of aromatic nitrogens is 3. The molecule has 0 saturated heterocycles. The molecule has 8 nitrogen and oxygen atoms in total. The third kappa shape index (κ3) is 6.32. The van der Waals surface area contributed by atoms with Crippen LogP contribution in [0.3, 0.4) is 0 Å². The molecule has 1 atom stereocenters. The van der Waals surface area contributed by atoms with Crippen LogP contribution in [0.5, 0.6) is 0 Å². The number of sulfonamides is 1. The van der Waals surface area contributed by atoms with Crippen LogP contribution in [-0.4, -0.2) is 52.9 Å². The number of nitrogens with one attached hydrogen (secondary N) is 2. The maximum Gasteiger partial charge on any atom is 0.238 e. The third-order valence-electron chi connectivity index (χ3n) is 4.13. The summed E-state index contributed by atoms with van der Waals surface area (Å²) < 4.78 is 27.9. The summed E-state index contributed by atoms with van der Waals surface area (Å²) in [7, 11) is -3.46. The van der Waals surface area contributed by atoms with Gasteiger partial charge in [0.25, 0.3) is 0 Å². The van der Waals surface area contributed by atoms with Crippen LogP contribution < -0.4 is 10.0 Å². The van der Waals surface area contributed by atoms with Gasteiger partial charge < -0.3 is 5.32 Å². The highest BCUT2D eigenvalue weighted by Crippen LogP contribution is 2.10. The molecule has 0 aromatic carbocycles. The molecule has 154 valence electrons. The highest BCUT2D eigenvalue weighted by atomic mass is 32.2. The van der Waals surface area contributed by atoms with Crippen molar-refractivity contribution in [1.29, 1.82) is 0 Å². The molecule has 0 saturated carbocycles. The van der Waals surface area contributed by atoms with Gasteiger partial charge in [-0.15, -0.1) is 0 Å². The fraction of sp³-hybridized carbons (Fsp3) is 0.500. The standard InChI is InChI=1S/C18H27N5O3S2/c1-5-28(25,26)22-16(8-9-27-4)18(24)20-12-15-6-7-17(19-11-15)23-14(3)10-13(2)21-23/h6-7,10-11,16,22H,5,8-9,12H2,1-4H3,(H,20,24). The molecule has 0 radical (unpaired) electrons. The zero-order valence-electron chi connectivity index (χ0n) is 16.6. The monoisotopic (exact) mass is 425 g/mol. The highest BCUT2D eigenvalue weighted by Gasteiger charge is 2.22. The fourth-order valence-electron chi connectivity index (χ4n) is 2.60. The number of aryl methyl sites for hydroxylation is 2. The van der Waals surface area contributed by atoms with Crippen molar-refractivity contribution in [2.24, 2.45) is 0 Å². The average Bonchev–Trinajstić information content (AvgIpc) is 3.01. The molecule has 2 aromatic heterocycles. The van der Waals surface area contributed by atoms with Crippen molar-refractivity contribution < 1.29 is 13.2 Å². The van der Waals surface area contributed by atoms with Gasteiger partial charge in [-0.25, -0.2) is 22.8 Å². The lowest BCUT2D eigenvalue weighted by Gasteiger charge is -2.17. The molecule has 0 spiro atoms. The van der Waals surface area contributed by atoms with Crippen LogP contribution in [0.25, 0.3) is 5.82 Å². The lowest BCUT2D eigenvalue weighted by molar-refractivity contribution is -0.122. The number of amides is 1. The minimum Gasteiger partial charge on any atom is -0.351 e. The van der Waals surface area contributed by atoms with Crippen LogP contribution in [0, 0.1) is 13.8 Å². The molecular formula is C18H27N5O3S2. The van der Waals surface area contributed by atoms with Gasteiger partial charge in [-0.05, 0) is 56.9 Å². The predicted molar refractivity (Wildman–Crippen MR) is 112 cm³/mol. The summed E-state index contributed by atoms with van der Waals surface area (Å²) in [6.07, 6.45) is 4.03. The SMILES string of the molecule is CCS(=O)(=O)NC(CCSC)C(=O)NCc1ccc(-n2nc(C)cc2C)nc1. The first kappa shape index (κ1) is 22.4. The van der Waals surface area contributed by atoms with Crippen molar-refractivity contribution in [2.75, 3.05) is 17.8 Å². The van der Waals surface area contributed by atoms with E-state index in [4.69, 9.17) is 0 Å². The summed E-state index contributed by atoms with van der Waals surface area (Å²) in [5, 5.41) is 7.19. The van der Waals surface area contributed by atoms with E-state index in [0.717, 1.165) is 17.0 Å². The molecular weight excluding hydrogens is 398 g/mol. The number of carbonyl (C=O) groups excluding carboxylic acids is 1. The van der Waals surface area contributed by atoms with Crippen molar-refractivity contribution in [2.45, 2.75) is 39.8 Å². The Kier molecular flexibility index (Phi) is 8.02. The Bertz CT molecular complexity index is 894. The first-order valence-electron chi connectivity index (χ1n) is 9.01. The van der Waals surface area contributed by atoms with Crippen LogP contribution in [-0.2, 0) is 21.4 Å². The van der Waals surface area contributed by atoms with Gasteiger partial charge in [0.1, 0.15) is 6.04 Å². The smallest absolute Gasteiger partial charge is 0.238 e. The van der Waals surface area contributed by atoms with E-state index in [2.05, 4.69) is 20.1 Å². The van der Waals surface area contributed by atoms with Crippen LogP contribution in [0.2, 0.25) is 0 Å². The summed E-state index contributed by atoms with van der Waals surface area (Å²) in [6.45, 7) is 5.70. The van der Waals surface area contributed by atoms with E-state index < -0.39 is 16.1 Å². The van der Waals surface area contributed by atoms with Crippen molar-refractivity contribution in [1.82, 2.24) is 24.8 Å². The second-order valence-electron chi connectivity index (χ2n) is 6.44. The van der Waals surface area contributed by atoms with Crippen LogP contribution in [0.15, 0.2) is 24.4 Å². The fourth-order valence-corrected chi connectivity index (χ4v) is 3.90. The van der Waals surface area contributed by atoms with Gasteiger partial charge in [0.2, 0.25) is 15.9 Å². The zero-order valence-corrected chi connectivity index (χ0v) is 18.2. The molecule has 0 aliphatic rings. The second-order valence-corrected chi connectivity index (χ2v) is 9.46. The molecule has 2 heterocycles. The molecule has 2 N–H and O–H groups in total. The molecule has 0 fully saturated rings. The summed E-state index contributed by atoms with van der Waals surface area (Å²) >= 11 is 1.56. The van der Waals surface area contributed by atoms with Gasteiger partial charge in [-0.2, -0.15) is 16.9 Å². The van der Waals surface area contributed by atoms with Crippen LogP contribution in [0.1, 0.15) is 30.3 Å². The topological polar surface area (TPSA) is 106 Å². The number of hydrogen-bond acceptors (Lipinski definition) is 6. The molecule has 10 heteroatoms. The van der Waals surface area contributed by atoms with E-state index in [1.54, 1.807) is 29.6 Å². The Morgan fingerprint density at radius 3 is 2.61 bits per heavy atom. The predicted octanol–water partition coefficient (Wildman–Crippen LogP) is 1.56. The summed E-state index contributed by atoms with van der Waals surface area (Å²) in [5.74, 6) is 0.986. The number of nitrogens with zero attached hydrogens (tertiary/aromatic N) is 3. The number of rotatable bonds is 10. The molecule has 1 unspecified atom stereocenters. The Labute approximate surface area is 170 Å². The number of pyridine rings is 1. The van der Waals surface area contributed by atoms with Gasteiger partial charge >= 0.3 is 0 Å². The van der Waals surface area contributed by atoms with Crippen molar-refractivity contribution in [3.05, 3.63) is 41.3 Å². The number of thioether (sulfide) groups is 1. The van der Waals surface area contributed by atoms with Gasteiger partial charge in [0, 0.05) is 18.4 Å². The van der Waals surface area contributed by atoms with E-state index in [1.165, 1.54) is 0 Å². The van der Waals surface area contributed by atoms with E-state index in [9.17, 15) is 13.2 Å². The Balaban J connectivity index is 2.00. The molecule has 2 rings (SSSR count). The maximum atomic E-state index is 12.5. The Hall–Kier alpha value is -1.91. The molecule has 0 aliphatic heterocycles. The second kappa shape index (κ2) is 10.0. The van der Waals surface area contributed by atoms with Gasteiger partial charge in [-0.3, -0.25) is 4.79 Å². The van der Waals surface area contributed by atoms with Crippen molar-refractivity contribution in [3.8, 4) is 5.82 Å². The Morgan fingerprint density at radius 1 is 1.32 bits per heavy atom. The van der Waals surface area contributed by atoms with Crippen LogP contribution >= 0.6 is 11.8 Å². The zero-order chi connectivity index (χ0) is 20.7. The number of hydrogen-bond donors (Lipinski definition) is 2. The van der Waals surface area contributed by atoms with Crippen molar-refractivity contribution in [3.63, 3.8) is 0 Å². The minimum absolute atomic E-state index is 0.0618. The first-order chi connectivity index (χ1) is 13.3. The molecule has 0 aliphatic carbocycles. The number of carbonyl (C=O) groups is 1. The molecule has 0 bridgehead atoms. The first-order valence-corrected chi connectivity index (χ1v) is 12.1. The van der Waals surface area contributed by atoms with Gasteiger partial charge in [0.15, 0.2) is 5.82 Å². The van der Waals surface area contributed by atoms with Crippen LogP contribution in [0.4, 0.5) is 0 Å². The largest absolute Gasteiger partial charge is 0.351 e. The summed E-state index contributed by atoms with van der Waals surface area (Å²) in [6, 6.07) is 4.90. The van der Waals surface area contributed by atoms with E-state index in [0.29, 0.717) is 18.0 Å². The maximum absolute atomic E-state index is 12.5. The molecule has 28 heavy (non-hydrogen) atoms.